The summed E-state index contributed by atoms with van der Waals surface area (Å²) in [6, 6.07) is 3.80. The highest BCUT2D eigenvalue weighted by atomic mass is 32.1. The third-order valence-electron chi connectivity index (χ3n) is 5.35. The van der Waals surface area contributed by atoms with E-state index in [1.807, 2.05) is 41.1 Å². The van der Waals surface area contributed by atoms with Crippen LogP contribution in [0, 0.1) is 20.8 Å². The van der Waals surface area contributed by atoms with Crippen LogP contribution in [-0.2, 0) is 11.2 Å². The second kappa shape index (κ2) is 10.0. The summed E-state index contributed by atoms with van der Waals surface area (Å²) in [5.74, 6) is 0.617. The lowest BCUT2D eigenvalue weighted by molar-refractivity contribution is -0.121. The number of nitrogens with one attached hydrogen (secondary N) is 1. The molecule has 0 aliphatic carbocycles. The van der Waals surface area contributed by atoms with Crippen LogP contribution in [-0.4, -0.2) is 47.6 Å². The van der Waals surface area contributed by atoms with Gasteiger partial charge in [0.25, 0.3) is 0 Å². The van der Waals surface area contributed by atoms with Crippen LogP contribution in [0.2, 0.25) is 0 Å². The molecule has 0 radical (unpaired) electrons. The Morgan fingerprint density at radius 2 is 1.89 bits per heavy atom. The Labute approximate surface area is 172 Å². The molecule has 2 rings (SSSR count). The van der Waals surface area contributed by atoms with Crippen molar-refractivity contribution < 1.29 is 9.90 Å². The molecule has 2 atom stereocenters. The highest BCUT2D eigenvalue weighted by molar-refractivity contribution is 7.11. The Balaban J connectivity index is 1.98. The van der Waals surface area contributed by atoms with Gasteiger partial charge in [-0.15, -0.1) is 11.3 Å². The van der Waals surface area contributed by atoms with Crippen LogP contribution in [0.5, 0.6) is 5.75 Å². The van der Waals surface area contributed by atoms with E-state index in [4.69, 9.17) is 0 Å². The van der Waals surface area contributed by atoms with E-state index in [1.54, 1.807) is 23.5 Å². The summed E-state index contributed by atoms with van der Waals surface area (Å²) in [6.07, 6.45) is 4.16. The minimum absolute atomic E-state index is 0.0869. The molecule has 1 amide bonds. The summed E-state index contributed by atoms with van der Waals surface area (Å²) in [5, 5.41) is 13.9. The Kier molecular flexibility index (Phi) is 8.01. The summed E-state index contributed by atoms with van der Waals surface area (Å²) in [7, 11) is 4.08. The molecule has 28 heavy (non-hydrogen) atoms. The molecule has 2 aromatic rings. The second-order valence-corrected chi connectivity index (χ2v) is 9.04. The molecule has 0 bridgehead atoms. The highest BCUT2D eigenvalue weighted by Gasteiger charge is 2.20. The lowest BCUT2D eigenvalue weighted by Gasteiger charge is -2.26. The van der Waals surface area contributed by atoms with Crippen molar-refractivity contribution in [2.24, 2.45) is 0 Å². The monoisotopic (exact) mass is 403 g/mol. The molecule has 1 heterocycles. The fraction of sp³-hybridized carbons (Fsp3) is 0.545. The van der Waals surface area contributed by atoms with Gasteiger partial charge in [0.15, 0.2) is 0 Å². The average molecular weight is 404 g/mol. The van der Waals surface area contributed by atoms with Gasteiger partial charge in [-0.1, -0.05) is 6.92 Å². The van der Waals surface area contributed by atoms with Crippen molar-refractivity contribution in [3.8, 4) is 5.75 Å². The maximum Gasteiger partial charge on any atom is 0.220 e. The summed E-state index contributed by atoms with van der Waals surface area (Å²) < 4.78 is 0. The molecule has 5 nitrogen and oxygen atoms in total. The number of phenols is 1. The van der Waals surface area contributed by atoms with Gasteiger partial charge in [-0.3, -0.25) is 4.79 Å². The predicted octanol–water partition coefficient (Wildman–Crippen LogP) is 3.95. The molecule has 0 aliphatic heterocycles. The number of aromatic nitrogens is 1. The smallest absolute Gasteiger partial charge is 0.220 e. The van der Waals surface area contributed by atoms with Crippen LogP contribution in [0.3, 0.4) is 0 Å². The second-order valence-electron chi connectivity index (χ2n) is 7.77. The first-order chi connectivity index (χ1) is 13.2. The zero-order chi connectivity index (χ0) is 20.8. The number of nitrogens with zero attached hydrogens (tertiary/aromatic N) is 2. The van der Waals surface area contributed by atoms with Crippen molar-refractivity contribution in [3.05, 3.63) is 44.9 Å². The number of aromatic hydroxyl groups is 1. The molecule has 0 fully saturated rings. The number of aryl methyl sites for hydroxylation is 3. The van der Waals surface area contributed by atoms with Gasteiger partial charge in [0.05, 0.1) is 5.01 Å². The largest absolute Gasteiger partial charge is 0.508 e. The summed E-state index contributed by atoms with van der Waals surface area (Å²) in [5.41, 5.74) is 3.40. The van der Waals surface area contributed by atoms with E-state index in [0.29, 0.717) is 18.7 Å². The van der Waals surface area contributed by atoms with Crippen LogP contribution in [0.25, 0.3) is 0 Å². The third kappa shape index (κ3) is 6.04. The summed E-state index contributed by atoms with van der Waals surface area (Å²) in [6.45, 7) is 8.76. The van der Waals surface area contributed by atoms with Gasteiger partial charge in [0.1, 0.15) is 5.75 Å². The van der Waals surface area contributed by atoms with Crippen LogP contribution >= 0.6 is 11.3 Å². The molecule has 0 saturated carbocycles. The van der Waals surface area contributed by atoms with Gasteiger partial charge in [0, 0.05) is 36.0 Å². The number of thiazole rings is 1. The fourth-order valence-corrected chi connectivity index (χ4v) is 4.47. The summed E-state index contributed by atoms with van der Waals surface area (Å²) in [4.78, 5) is 20.2. The van der Waals surface area contributed by atoms with E-state index in [0.717, 1.165) is 29.0 Å². The van der Waals surface area contributed by atoms with Crippen LogP contribution in [0.15, 0.2) is 18.3 Å². The Morgan fingerprint density at radius 1 is 1.25 bits per heavy atom. The SMILES string of the molecule is CC[C@@H](CC(=O)NC[C@H](Cc1c(C)cc(O)cc1C)N(C)C)c1cnc(C)s1. The molecule has 2 N–H and O–H groups in total. The lowest BCUT2D eigenvalue weighted by Crippen LogP contribution is -2.42. The molecule has 0 aliphatic rings. The van der Waals surface area contributed by atoms with Crippen molar-refractivity contribution in [3.63, 3.8) is 0 Å². The highest BCUT2D eigenvalue weighted by Crippen LogP contribution is 2.28. The van der Waals surface area contributed by atoms with Gasteiger partial charge in [0.2, 0.25) is 5.91 Å². The summed E-state index contributed by atoms with van der Waals surface area (Å²) >= 11 is 1.68. The Hall–Kier alpha value is -1.92. The third-order valence-corrected chi connectivity index (χ3v) is 6.43. The molecule has 0 spiro atoms. The molecule has 1 aromatic heterocycles. The number of likely N-dealkylation sites (N-methyl/N-ethyl adjacent to an activating group) is 1. The fourth-order valence-electron chi connectivity index (χ4n) is 3.51. The van der Waals surface area contributed by atoms with E-state index in [1.165, 1.54) is 10.4 Å². The predicted molar refractivity (Wildman–Crippen MR) is 116 cm³/mol. The first-order valence-electron chi connectivity index (χ1n) is 9.85. The van der Waals surface area contributed by atoms with Crippen molar-refractivity contribution in [2.45, 2.75) is 58.9 Å². The standard InChI is InChI=1S/C22H33N3O2S/c1-7-17(21-13-23-16(4)28-21)10-22(27)24-12-18(25(5)6)11-20-14(2)8-19(26)9-15(20)3/h8-9,13,17-18,26H,7,10-12H2,1-6H3,(H,24,27)/t17-,18-/m0/s1. The van der Waals surface area contributed by atoms with Gasteiger partial charge in [-0.2, -0.15) is 0 Å². The maximum absolute atomic E-state index is 12.6. The lowest BCUT2D eigenvalue weighted by atomic mass is 9.95. The van der Waals surface area contributed by atoms with Gasteiger partial charge in [-0.25, -0.2) is 4.98 Å². The molecule has 1 aromatic carbocycles. The maximum atomic E-state index is 12.6. The number of phenolic OH excluding ortho intramolecular Hbond substituents is 1. The van der Waals surface area contributed by atoms with E-state index < -0.39 is 0 Å². The number of benzene rings is 1. The van der Waals surface area contributed by atoms with E-state index >= 15 is 0 Å². The van der Waals surface area contributed by atoms with Crippen LogP contribution < -0.4 is 5.32 Å². The van der Waals surface area contributed by atoms with Crippen molar-refractivity contribution in [2.75, 3.05) is 20.6 Å². The first-order valence-corrected chi connectivity index (χ1v) is 10.7. The number of carbonyl (C=O) groups excluding carboxylic acids is 1. The normalized spacial score (nSPS) is 13.5. The van der Waals surface area contributed by atoms with Crippen LogP contribution in [0.1, 0.15) is 52.3 Å². The van der Waals surface area contributed by atoms with E-state index in [-0.39, 0.29) is 17.9 Å². The Morgan fingerprint density at radius 3 is 2.39 bits per heavy atom. The van der Waals surface area contributed by atoms with Crippen LogP contribution in [0.4, 0.5) is 0 Å². The van der Waals surface area contributed by atoms with E-state index in [2.05, 4.69) is 22.1 Å². The number of carbonyl (C=O) groups is 1. The molecule has 0 saturated heterocycles. The first kappa shape index (κ1) is 22.4. The molecule has 154 valence electrons. The van der Waals surface area contributed by atoms with Crippen molar-refractivity contribution >= 4 is 17.2 Å². The number of hydrogen-bond acceptors (Lipinski definition) is 5. The zero-order valence-corrected chi connectivity index (χ0v) is 18.7. The molecular formula is C22H33N3O2S. The van der Waals surface area contributed by atoms with Gasteiger partial charge >= 0.3 is 0 Å². The number of amides is 1. The zero-order valence-electron chi connectivity index (χ0n) is 17.9. The van der Waals surface area contributed by atoms with Crippen molar-refractivity contribution in [1.29, 1.82) is 0 Å². The minimum Gasteiger partial charge on any atom is -0.508 e. The average Bonchev–Trinajstić information content (AvgIpc) is 3.04. The quantitative estimate of drug-likeness (QED) is 0.665. The van der Waals surface area contributed by atoms with Crippen molar-refractivity contribution in [1.82, 2.24) is 15.2 Å². The Bertz CT molecular complexity index is 778. The molecule has 6 heteroatoms. The van der Waals surface area contributed by atoms with E-state index in [9.17, 15) is 9.90 Å². The topological polar surface area (TPSA) is 65.5 Å². The number of hydrogen-bond donors (Lipinski definition) is 2. The minimum atomic E-state index is 0.0869. The van der Waals surface area contributed by atoms with Gasteiger partial charge < -0.3 is 15.3 Å². The molecular weight excluding hydrogens is 370 g/mol. The van der Waals surface area contributed by atoms with Gasteiger partial charge in [-0.05, 0) is 76.5 Å². The molecule has 0 unspecified atom stereocenters. The number of rotatable bonds is 9.